The minimum Gasteiger partial charge on any atom is -0.507 e. The highest BCUT2D eigenvalue weighted by molar-refractivity contribution is 7.98. The van der Waals surface area contributed by atoms with Gasteiger partial charge < -0.3 is 10.8 Å². The number of nitrogens with two attached hydrogens (primary N) is 1. The molecule has 1 aromatic carbocycles. The summed E-state index contributed by atoms with van der Waals surface area (Å²) < 4.78 is 0. The first-order valence-electron chi connectivity index (χ1n) is 3.32. The summed E-state index contributed by atoms with van der Waals surface area (Å²) in [5.74, 6) is -0.434. The Kier molecular flexibility index (Phi) is 2.60. The van der Waals surface area contributed by atoms with Crippen molar-refractivity contribution in [2.24, 2.45) is 5.73 Å². The molecule has 0 heterocycles. The number of thioether (sulfide) groups is 1. The highest BCUT2D eigenvalue weighted by Gasteiger charge is 2.04. The quantitative estimate of drug-likeness (QED) is 0.677. The summed E-state index contributed by atoms with van der Waals surface area (Å²) in [6, 6.07) is 4.63. The summed E-state index contributed by atoms with van der Waals surface area (Å²) in [6.07, 6.45) is 1.85. The number of phenols is 1. The van der Waals surface area contributed by atoms with Crippen LogP contribution in [0.2, 0.25) is 0 Å². The Balaban J connectivity index is 3.10. The first-order valence-corrected chi connectivity index (χ1v) is 4.54. The molecule has 0 saturated carbocycles. The van der Waals surface area contributed by atoms with Crippen LogP contribution in [0.15, 0.2) is 23.1 Å². The number of rotatable bonds is 2. The maximum absolute atomic E-state index is 10.7. The minimum atomic E-state index is -0.530. The first kappa shape index (κ1) is 8.93. The predicted octanol–water partition coefficient (Wildman–Crippen LogP) is 1.21. The maximum atomic E-state index is 10.7. The van der Waals surface area contributed by atoms with Gasteiger partial charge in [-0.25, -0.2) is 0 Å². The second kappa shape index (κ2) is 3.49. The second-order valence-corrected chi connectivity index (χ2v) is 3.10. The molecule has 1 rings (SSSR count). The van der Waals surface area contributed by atoms with E-state index < -0.39 is 5.91 Å². The number of aromatic hydroxyl groups is 1. The van der Waals surface area contributed by atoms with Crippen LogP contribution in [-0.2, 0) is 0 Å². The fourth-order valence-electron chi connectivity index (χ4n) is 0.843. The summed E-state index contributed by atoms with van der Waals surface area (Å²) in [7, 11) is 0. The third kappa shape index (κ3) is 1.71. The number of hydrogen-bond donors (Lipinski definition) is 2. The van der Waals surface area contributed by atoms with Gasteiger partial charge in [-0.3, -0.25) is 4.79 Å². The molecule has 1 amide bonds. The molecule has 0 spiro atoms. The standard InChI is InChI=1S/C8H9NO2S/c1-12-7-3-2-5(8(9)11)4-6(7)10/h2-4,10H,1H3,(H2,9,11). The number of amides is 1. The second-order valence-electron chi connectivity index (χ2n) is 2.25. The van der Waals surface area contributed by atoms with E-state index in [9.17, 15) is 9.90 Å². The van der Waals surface area contributed by atoms with Crippen LogP contribution in [0.25, 0.3) is 0 Å². The van der Waals surface area contributed by atoms with E-state index in [-0.39, 0.29) is 5.75 Å². The van der Waals surface area contributed by atoms with E-state index >= 15 is 0 Å². The van der Waals surface area contributed by atoms with Crippen molar-refractivity contribution in [3.05, 3.63) is 23.8 Å². The first-order chi connectivity index (χ1) is 5.65. The number of hydrogen-bond acceptors (Lipinski definition) is 3. The molecular formula is C8H9NO2S. The van der Waals surface area contributed by atoms with Gasteiger partial charge in [0.05, 0.1) is 0 Å². The van der Waals surface area contributed by atoms with Crippen molar-refractivity contribution in [2.75, 3.05) is 6.26 Å². The molecule has 0 aliphatic carbocycles. The van der Waals surface area contributed by atoms with Crippen molar-refractivity contribution in [3.8, 4) is 5.75 Å². The third-order valence-electron chi connectivity index (χ3n) is 1.46. The van der Waals surface area contributed by atoms with Crippen molar-refractivity contribution in [2.45, 2.75) is 4.90 Å². The van der Waals surface area contributed by atoms with E-state index in [0.717, 1.165) is 4.90 Å². The molecule has 1 aromatic rings. The normalized spacial score (nSPS) is 9.75. The monoisotopic (exact) mass is 183 g/mol. The summed E-state index contributed by atoms with van der Waals surface area (Å²) in [4.78, 5) is 11.4. The number of benzene rings is 1. The average molecular weight is 183 g/mol. The topological polar surface area (TPSA) is 63.3 Å². The Labute approximate surface area is 74.6 Å². The van der Waals surface area contributed by atoms with Crippen LogP contribution in [-0.4, -0.2) is 17.3 Å². The lowest BCUT2D eigenvalue weighted by molar-refractivity contribution is 0.1000. The van der Waals surface area contributed by atoms with Gasteiger partial charge in [0.25, 0.3) is 0 Å². The molecule has 12 heavy (non-hydrogen) atoms. The Bertz CT molecular complexity index is 312. The van der Waals surface area contributed by atoms with E-state index in [0.29, 0.717) is 5.56 Å². The maximum Gasteiger partial charge on any atom is 0.248 e. The Morgan fingerprint density at radius 3 is 2.67 bits per heavy atom. The number of phenolic OH excluding ortho intramolecular Hbond substituents is 1. The molecular weight excluding hydrogens is 174 g/mol. The molecule has 64 valence electrons. The number of carbonyl (C=O) groups is 1. The van der Waals surface area contributed by atoms with Crippen molar-refractivity contribution >= 4 is 17.7 Å². The van der Waals surface area contributed by atoms with E-state index in [1.807, 2.05) is 6.26 Å². The van der Waals surface area contributed by atoms with Gasteiger partial charge in [-0.1, -0.05) is 0 Å². The van der Waals surface area contributed by atoms with E-state index in [1.54, 1.807) is 12.1 Å². The van der Waals surface area contributed by atoms with E-state index in [4.69, 9.17) is 5.73 Å². The zero-order valence-electron chi connectivity index (χ0n) is 6.57. The molecule has 0 aliphatic rings. The SMILES string of the molecule is CSc1ccc(C(N)=O)cc1O. The third-order valence-corrected chi connectivity index (χ3v) is 2.25. The fourth-order valence-corrected chi connectivity index (χ4v) is 1.32. The van der Waals surface area contributed by atoms with Gasteiger partial charge in [0, 0.05) is 10.5 Å². The van der Waals surface area contributed by atoms with Crippen LogP contribution in [0.3, 0.4) is 0 Å². The molecule has 0 atom stereocenters. The largest absolute Gasteiger partial charge is 0.507 e. The van der Waals surface area contributed by atoms with Crippen molar-refractivity contribution in [1.82, 2.24) is 0 Å². The van der Waals surface area contributed by atoms with Crippen LogP contribution in [0.4, 0.5) is 0 Å². The fraction of sp³-hybridized carbons (Fsp3) is 0.125. The molecule has 0 saturated heterocycles. The predicted molar refractivity (Wildman–Crippen MR) is 48.4 cm³/mol. The molecule has 3 nitrogen and oxygen atoms in total. The van der Waals surface area contributed by atoms with Gasteiger partial charge in [-0.2, -0.15) is 0 Å². The van der Waals surface area contributed by atoms with Gasteiger partial charge >= 0.3 is 0 Å². The van der Waals surface area contributed by atoms with Gasteiger partial charge in [0.1, 0.15) is 5.75 Å². The number of carbonyl (C=O) groups excluding carboxylic acids is 1. The molecule has 4 heteroatoms. The zero-order valence-corrected chi connectivity index (χ0v) is 7.39. The van der Waals surface area contributed by atoms with Gasteiger partial charge in [-0.15, -0.1) is 11.8 Å². The van der Waals surface area contributed by atoms with Crippen LogP contribution in [0, 0.1) is 0 Å². The highest BCUT2D eigenvalue weighted by atomic mass is 32.2. The zero-order chi connectivity index (χ0) is 9.14. The van der Waals surface area contributed by atoms with Crippen LogP contribution in [0.1, 0.15) is 10.4 Å². The number of primary amides is 1. The molecule has 0 radical (unpaired) electrons. The Morgan fingerprint density at radius 2 is 2.25 bits per heavy atom. The lowest BCUT2D eigenvalue weighted by Crippen LogP contribution is -2.10. The van der Waals surface area contributed by atoms with Crippen molar-refractivity contribution in [3.63, 3.8) is 0 Å². The Morgan fingerprint density at radius 1 is 1.58 bits per heavy atom. The lowest BCUT2D eigenvalue weighted by Gasteiger charge is -2.01. The molecule has 0 bridgehead atoms. The lowest BCUT2D eigenvalue weighted by atomic mass is 10.2. The van der Waals surface area contributed by atoms with Gasteiger partial charge in [0.15, 0.2) is 0 Å². The van der Waals surface area contributed by atoms with E-state index in [2.05, 4.69) is 0 Å². The minimum absolute atomic E-state index is 0.0961. The van der Waals surface area contributed by atoms with Crippen molar-refractivity contribution < 1.29 is 9.90 Å². The molecule has 3 N–H and O–H groups in total. The summed E-state index contributed by atoms with van der Waals surface area (Å²) >= 11 is 1.41. The van der Waals surface area contributed by atoms with Gasteiger partial charge in [0.2, 0.25) is 5.91 Å². The molecule has 0 aliphatic heterocycles. The van der Waals surface area contributed by atoms with Crippen LogP contribution < -0.4 is 5.73 Å². The summed E-state index contributed by atoms with van der Waals surface area (Å²) in [5, 5.41) is 9.31. The van der Waals surface area contributed by atoms with Gasteiger partial charge in [-0.05, 0) is 24.5 Å². The smallest absolute Gasteiger partial charge is 0.248 e. The van der Waals surface area contributed by atoms with Crippen LogP contribution in [0.5, 0.6) is 5.75 Å². The molecule has 0 unspecified atom stereocenters. The van der Waals surface area contributed by atoms with Crippen molar-refractivity contribution in [1.29, 1.82) is 0 Å². The molecule has 0 aromatic heterocycles. The highest BCUT2D eigenvalue weighted by Crippen LogP contribution is 2.26. The van der Waals surface area contributed by atoms with E-state index in [1.165, 1.54) is 17.8 Å². The Hall–Kier alpha value is -1.16. The molecule has 0 fully saturated rings. The van der Waals surface area contributed by atoms with Crippen LogP contribution >= 0.6 is 11.8 Å². The summed E-state index contributed by atoms with van der Waals surface area (Å²) in [6.45, 7) is 0. The average Bonchev–Trinajstić information content (AvgIpc) is 2.04. The summed E-state index contributed by atoms with van der Waals surface area (Å²) in [5.41, 5.74) is 5.34.